The molecule has 0 aliphatic carbocycles. The molecule has 0 saturated heterocycles. The third kappa shape index (κ3) is 9.11. The van der Waals surface area contributed by atoms with Gasteiger partial charge in [-0.2, -0.15) is 0 Å². The number of aliphatic hydroxyl groups is 2. The molecule has 0 saturated carbocycles. The van der Waals surface area contributed by atoms with Gasteiger partial charge < -0.3 is 29.2 Å². The largest absolute Gasteiger partial charge is 0.458 e. The fourth-order valence-electron chi connectivity index (χ4n) is 2.40. The lowest BCUT2D eigenvalue weighted by Gasteiger charge is -2.17. The van der Waals surface area contributed by atoms with E-state index in [1.54, 1.807) is 0 Å². The van der Waals surface area contributed by atoms with Crippen molar-refractivity contribution in [1.29, 1.82) is 0 Å². The average Bonchev–Trinajstić information content (AvgIpc) is 2.80. The smallest absolute Gasteiger partial charge is 0.339 e. The molecule has 10 heteroatoms. The number of rotatable bonds is 14. The second-order valence-electron chi connectivity index (χ2n) is 6.29. The van der Waals surface area contributed by atoms with Crippen LogP contribution in [0.3, 0.4) is 0 Å². The first-order valence-electron chi connectivity index (χ1n) is 9.67. The van der Waals surface area contributed by atoms with Crippen LogP contribution in [0.25, 0.3) is 0 Å². The molecule has 2 atom stereocenters. The van der Waals surface area contributed by atoms with Crippen molar-refractivity contribution in [1.82, 2.24) is 0 Å². The Kier molecular flexibility index (Phi) is 12.0. The Morgan fingerprint density at radius 3 is 1.47 bits per heavy atom. The van der Waals surface area contributed by atoms with E-state index in [1.165, 1.54) is 24.3 Å². The summed E-state index contributed by atoms with van der Waals surface area (Å²) in [6.45, 7) is 5.23. The number of hydrogen-bond donors (Lipinski definition) is 2. The second kappa shape index (κ2) is 14.5. The van der Waals surface area contributed by atoms with E-state index in [-0.39, 0.29) is 50.4 Å². The van der Waals surface area contributed by atoms with Crippen molar-refractivity contribution in [2.45, 2.75) is 25.0 Å². The zero-order valence-corrected chi connectivity index (χ0v) is 17.4. The van der Waals surface area contributed by atoms with Gasteiger partial charge >= 0.3 is 23.9 Å². The van der Waals surface area contributed by atoms with Crippen LogP contribution in [-0.2, 0) is 28.5 Å². The minimum absolute atomic E-state index is 0.0340. The van der Waals surface area contributed by atoms with Gasteiger partial charge in [-0.15, -0.1) is 0 Å². The fraction of sp³-hybridized carbons (Fsp3) is 0.364. The molecule has 1 aromatic rings. The Balaban J connectivity index is 2.82. The summed E-state index contributed by atoms with van der Waals surface area (Å²) in [6.07, 6.45) is 0.153. The van der Waals surface area contributed by atoms with Crippen molar-refractivity contribution in [3.8, 4) is 0 Å². The molecule has 2 unspecified atom stereocenters. The van der Waals surface area contributed by atoms with Crippen LogP contribution in [0.15, 0.2) is 49.6 Å². The van der Waals surface area contributed by atoms with Gasteiger partial charge in [0, 0.05) is 38.2 Å². The van der Waals surface area contributed by atoms with Gasteiger partial charge in [-0.25, -0.2) is 19.2 Å². The minimum atomic E-state index is -0.896. The van der Waals surface area contributed by atoms with E-state index in [4.69, 9.17) is 29.2 Å². The summed E-state index contributed by atoms with van der Waals surface area (Å²) in [5.74, 6) is -3.23. The van der Waals surface area contributed by atoms with Crippen LogP contribution in [0.1, 0.15) is 33.6 Å². The number of benzene rings is 1. The van der Waals surface area contributed by atoms with Gasteiger partial charge in [0.2, 0.25) is 0 Å². The number of carbonyl (C=O) groups excluding carboxylic acids is 4. The number of esters is 4. The van der Waals surface area contributed by atoms with Crippen molar-refractivity contribution in [2.75, 3.05) is 26.4 Å². The van der Waals surface area contributed by atoms with Gasteiger partial charge in [-0.1, -0.05) is 25.3 Å². The number of carbonyl (C=O) groups is 4. The normalized spacial score (nSPS) is 12.1. The highest BCUT2D eigenvalue weighted by atomic mass is 16.6. The molecule has 2 N–H and O–H groups in total. The van der Waals surface area contributed by atoms with E-state index in [9.17, 15) is 19.2 Å². The van der Waals surface area contributed by atoms with Crippen LogP contribution in [0.4, 0.5) is 0 Å². The highest BCUT2D eigenvalue weighted by molar-refractivity contribution is 6.03. The lowest BCUT2D eigenvalue weighted by molar-refractivity contribution is -0.146. The first-order chi connectivity index (χ1) is 15.4. The zero-order chi connectivity index (χ0) is 23.9. The van der Waals surface area contributed by atoms with E-state index in [2.05, 4.69) is 13.2 Å². The van der Waals surface area contributed by atoms with Crippen LogP contribution in [-0.4, -0.2) is 72.7 Å². The molecule has 0 spiro atoms. The lowest BCUT2D eigenvalue weighted by Crippen LogP contribution is -2.27. The lowest BCUT2D eigenvalue weighted by atomic mass is 10.1. The first kappa shape index (κ1) is 26.5. The van der Waals surface area contributed by atoms with Gasteiger partial charge in [0.25, 0.3) is 0 Å². The van der Waals surface area contributed by atoms with Crippen LogP contribution in [0.5, 0.6) is 0 Å². The Morgan fingerprint density at radius 2 is 1.16 bits per heavy atom. The summed E-state index contributed by atoms with van der Waals surface area (Å²) in [4.78, 5) is 47.7. The summed E-state index contributed by atoms with van der Waals surface area (Å²) in [5, 5.41) is 18.1. The van der Waals surface area contributed by atoms with E-state index >= 15 is 0 Å². The molecule has 1 rings (SSSR count). The average molecular weight is 450 g/mol. The Bertz CT molecular complexity index is 750. The molecule has 0 aliphatic rings. The van der Waals surface area contributed by atoms with E-state index < -0.39 is 36.1 Å². The molecule has 174 valence electrons. The third-order valence-corrected chi connectivity index (χ3v) is 3.97. The van der Waals surface area contributed by atoms with Crippen LogP contribution >= 0.6 is 0 Å². The third-order valence-electron chi connectivity index (χ3n) is 3.97. The van der Waals surface area contributed by atoms with Crippen molar-refractivity contribution >= 4 is 23.9 Å². The summed E-state index contributed by atoms with van der Waals surface area (Å²) in [6, 6.07) is 5.71. The molecule has 32 heavy (non-hydrogen) atoms. The van der Waals surface area contributed by atoms with Gasteiger partial charge in [0.05, 0.1) is 11.1 Å². The molecule has 0 bridgehead atoms. The maximum absolute atomic E-state index is 12.5. The molecule has 0 aromatic heterocycles. The summed E-state index contributed by atoms with van der Waals surface area (Å²) in [5.41, 5.74) is -0.200. The van der Waals surface area contributed by atoms with E-state index in [0.717, 1.165) is 12.2 Å². The van der Waals surface area contributed by atoms with Crippen molar-refractivity contribution in [2.24, 2.45) is 0 Å². The SMILES string of the molecule is C=CC(=O)OC(CCO)COC(=O)c1ccccc1C(=O)OCC(CCO)OC(=O)C=C. The van der Waals surface area contributed by atoms with Crippen molar-refractivity contribution in [3.63, 3.8) is 0 Å². The monoisotopic (exact) mass is 450 g/mol. The van der Waals surface area contributed by atoms with Crippen molar-refractivity contribution in [3.05, 3.63) is 60.7 Å². The minimum Gasteiger partial charge on any atom is -0.458 e. The molecule has 0 heterocycles. The number of ether oxygens (including phenoxy) is 4. The van der Waals surface area contributed by atoms with Gasteiger partial charge in [-0.05, 0) is 12.1 Å². The molecule has 0 fully saturated rings. The molecular formula is C22H26O10. The maximum atomic E-state index is 12.5. The number of aliphatic hydroxyl groups excluding tert-OH is 2. The Morgan fingerprint density at radius 1 is 0.781 bits per heavy atom. The summed E-state index contributed by atoms with van der Waals surface area (Å²) in [7, 11) is 0. The molecular weight excluding hydrogens is 424 g/mol. The van der Waals surface area contributed by atoms with Gasteiger partial charge in [0.15, 0.2) is 0 Å². The second-order valence-corrected chi connectivity index (χ2v) is 6.29. The zero-order valence-electron chi connectivity index (χ0n) is 17.4. The Labute approximate surface area is 185 Å². The molecule has 0 radical (unpaired) electrons. The standard InChI is InChI=1S/C22H26O10/c1-3-19(25)31-15(9-11-23)13-29-21(27)17-7-5-6-8-18(17)22(28)30-14-16(10-12-24)32-20(26)4-2/h3-8,15-16,23-24H,1-2,9-14H2. The molecule has 10 nitrogen and oxygen atoms in total. The fourth-order valence-corrected chi connectivity index (χ4v) is 2.40. The van der Waals surface area contributed by atoms with Crippen LogP contribution < -0.4 is 0 Å². The van der Waals surface area contributed by atoms with Crippen LogP contribution in [0.2, 0.25) is 0 Å². The highest BCUT2D eigenvalue weighted by Crippen LogP contribution is 2.14. The molecule has 0 aliphatic heterocycles. The van der Waals surface area contributed by atoms with Crippen molar-refractivity contribution < 1.29 is 48.3 Å². The number of hydrogen-bond acceptors (Lipinski definition) is 10. The quantitative estimate of drug-likeness (QED) is 0.239. The Hall–Kier alpha value is -3.50. The van der Waals surface area contributed by atoms with Gasteiger partial charge in [0.1, 0.15) is 25.4 Å². The maximum Gasteiger partial charge on any atom is 0.339 e. The van der Waals surface area contributed by atoms with E-state index in [0.29, 0.717) is 0 Å². The highest BCUT2D eigenvalue weighted by Gasteiger charge is 2.23. The summed E-state index contributed by atoms with van der Waals surface area (Å²) < 4.78 is 20.2. The first-order valence-corrected chi connectivity index (χ1v) is 9.67. The molecule has 1 aromatic carbocycles. The summed E-state index contributed by atoms with van der Waals surface area (Å²) >= 11 is 0. The predicted octanol–water partition coefficient (Wildman–Crippen LogP) is 0.961. The molecule has 0 amide bonds. The van der Waals surface area contributed by atoms with Gasteiger partial charge in [-0.3, -0.25) is 0 Å². The van der Waals surface area contributed by atoms with Crippen LogP contribution in [0, 0.1) is 0 Å². The predicted molar refractivity (Wildman–Crippen MR) is 111 cm³/mol. The topological polar surface area (TPSA) is 146 Å². The van der Waals surface area contributed by atoms with E-state index in [1.807, 2.05) is 0 Å².